The number of aryl methyl sites for hydroxylation is 1. The van der Waals surface area contributed by atoms with Gasteiger partial charge < -0.3 is 0 Å². The van der Waals surface area contributed by atoms with Crippen LogP contribution in [0.15, 0.2) is 12.1 Å². The van der Waals surface area contributed by atoms with Crippen molar-refractivity contribution in [2.75, 3.05) is 7.05 Å². The maximum atomic E-state index is 9.12. The first kappa shape index (κ1) is 13.7. The molecule has 2 nitrogen and oxygen atoms in total. The Bertz CT molecular complexity index is 453. The molecule has 0 fully saturated rings. The van der Waals surface area contributed by atoms with Crippen LogP contribution in [0.2, 0.25) is 0 Å². The molecule has 0 amide bonds. The molecule has 1 aromatic carbocycles. The van der Waals surface area contributed by atoms with Crippen LogP contribution in [-0.2, 0) is 6.54 Å². The average Bonchev–Trinajstić information content (AvgIpc) is 2.29. The highest BCUT2D eigenvalue weighted by atomic mass is 15.2. The van der Waals surface area contributed by atoms with Crippen molar-refractivity contribution in [2.45, 2.75) is 46.7 Å². The molecule has 0 heterocycles. The number of hydrogen-bond donors (Lipinski definition) is 0. The van der Waals surface area contributed by atoms with E-state index in [9.17, 15) is 0 Å². The summed E-state index contributed by atoms with van der Waals surface area (Å²) in [5.41, 5.74) is 4.90. The third-order valence-corrected chi connectivity index (χ3v) is 3.81. The lowest BCUT2D eigenvalue weighted by Gasteiger charge is -2.29. The van der Waals surface area contributed by atoms with Crippen LogP contribution in [0.25, 0.3) is 0 Å². The molecule has 17 heavy (non-hydrogen) atoms. The second kappa shape index (κ2) is 4.89. The van der Waals surface area contributed by atoms with Gasteiger partial charge in [0, 0.05) is 6.54 Å². The first-order chi connectivity index (χ1) is 7.79. The minimum atomic E-state index is -0.425. The molecule has 0 aliphatic carbocycles. The van der Waals surface area contributed by atoms with E-state index in [1.807, 2.05) is 20.9 Å². The van der Waals surface area contributed by atoms with E-state index in [0.29, 0.717) is 0 Å². The van der Waals surface area contributed by atoms with Gasteiger partial charge in [0.2, 0.25) is 0 Å². The van der Waals surface area contributed by atoms with E-state index in [2.05, 4.69) is 43.9 Å². The highest BCUT2D eigenvalue weighted by Gasteiger charge is 2.23. The van der Waals surface area contributed by atoms with Crippen molar-refractivity contribution in [1.29, 1.82) is 5.26 Å². The van der Waals surface area contributed by atoms with Crippen molar-refractivity contribution in [3.8, 4) is 6.07 Å². The van der Waals surface area contributed by atoms with Gasteiger partial charge in [-0.15, -0.1) is 0 Å². The maximum Gasteiger partial charge on any atom is 0.103 e. The van der Waals surface area contributed by atoms with Gasteiger partial charge in [-0.2, -0.15) is 5.26 Å². The molecule has 0 atom stereocenters. The van der Waals surface area contributed by atoms with E-state index in [-0.39, 0.29) is 0 Å². The molecule has 0 bridgehead atoms. The van der Waals surface area contributed by atoms with Crippen molar-refractivity contribution < 1.29 is 0 Å². The fourth-order valence-corrected chi connectivity index (χ4v) is 1.72. The lowest BCUT2D eigenvalue weighted by Crippen LogP contribution is -2.39. The summed E-state index contributed by atoms with van der Waals surface area (Å²) in [6.07, 6.45) is 0. The fraction of sp³-hybridized carbons (Fsp3) is 0.533. The van der Waals surface area contributed by atoms with Crippen molar-refractivity contribution in [2.24, 2.45) is 0 Å². The Morgan fingerprint density at radius 1 is 1.18 bits per heavy atom. The number of hydrogen-bond acceptors (Lipinski definition) is 2. The molecule has 0 radical (unpaired) electrons. The van der Waals surface area contributed by atoms with Gasteiger partial charge in [0.1, 0.15) is 5.54 Å². The van der Waals surface area contributed by atoms with E-state index >= 15 is 0 Å². The molecule has 1 rings (SSSR count). The van der Waals surface area contributed by atoms with E-state index in [4.69, 9.17) is 5.26 Å². The predicted molar refractivity (Wildman–Crippen MR) is 71.8 cm³/mol. The summed E-state index contributed by atoms with van der Waals surface area (Å²) >= 11 is 0. The van der Waals surface area contributed by atoms with E-state index in [1.165, 1.54) is 22.3 Å². The number of nitriles is 1. The molecule has 0 aliphatic rings. The summed E-state index contributed by atoms with van der Waals surface area (Å²) in [4.78, 5) is 2.09. The largest absolute Gasteiger partial charge is 0.285 e. The molecule has 92 valence electrons. The minimum Gasteiger partial charge on any atom is -0.285 e. The molecular formula is C15H22N2. The lowest BCUT2D eigenvalue weighted by atomic mass is 9.97. The van der Waals surface area contributed by atoms with Crippen LogP contribution in [0.3, 0.4) is 0 Å². The Labute approximate surface area is 105 Å². The molecule has 2 heteroatoms. The van der Waals surface area contributed by atoms with Gasteiger partial charge in [0.05, 0.1) is 6.07 Å². The molecule has 0 aromatic heterocycles. The first-order valence-electron chi connectivity index (χ1n) is 5.97. The molecule has 0 saturated heterocycles. The van der Waals surface area contributed by atoms with E-state index < -0.39 is 5.54 Å². The Morgan fingerprint density at radius 3 is 2.29 bits per heavy atom. The van der Waals surface area contributed by atoms with Crippen LogP contribution >= 0.6 is 0 Å². The van der Waals surface area contributed by atoms with Crippen LogP contribution in [-0.4, -0.2) is 17.5 Å². The Hall–Kier alpha value is -1.33. The van der Waals surface area contributed by atoms with Gasteiger partial charge in [-0.3, -0.25) is 4.90 Å². The Morgan fingerprint density at radius 2 is 1.76 bits per heavy atom. The lowest BCUT2D eigenvalue weighted by molar-refractivity contribution is 0.202. The third-order valence-electron chi connectivity index (χ3n) is 3.81. The predicted octanol–water partition coefficient (Wildman–Crippen LogP) is 3.35. The summed E-state index contributed by atoms with van der Waals surface area (Å²) < 4.78 is 0. The van der Waals surface area contributed by atoms with Crippen LogP contribution in [0, 0.1) is 32.1 Å². The fourth-order valence-electron chi connectivity index (χ4n) is 1.72. The zero-order valence-corrected chi connectivity index (χ0v) is 11.8. The average molecular weight is 230 g/mol. The molecule has 0 spiro atoms. The summed E-state index contributed by atoms with van der Waals surface area (Å²) in [6.45, 7) is 11.2. The van der Waals surface area contributed by atoms with Gasteiger partial charge >= 0.3 is 0 Å². The van der Waals surface area contributed by atoms with E-state index in [0.717, 1.165) is 6.54 Å². The maximum absolute atomic E-state index is 9.12. The second-order valence-corrected chi connectivity index (χ2v) is 5.32. The summed E-state index contributed by atoms with van der Waals surface area (Å²) in [5.74, 6) is 0. The minimum absolute atomic E-state index is 0.425. The Kier molecular flexibility index (Phi) is 3.95. The monoisotopic (exact) mass is 230 g/mol. The quantitative estimate of drug-likeness (QED) is 0.796. The SMILES string of the molecule is Cc1ccc(CN(C)C(C)(C)C#N)c(C)c1C. The molecule has 0 N–H and O–H groups in total. The van der Waals surface area contributed by atoms with Crippen LogP contribution in [0.4, 0.5) is 0 Å². The van der Waals surface area contributed by atoms with Gasteiger partial charge in [-0.05, 0) is 63.9 Å². The molecule has 0 saturated carbocycles. The van der Waals surface area contributed by atoms with Crippen molar-refractivity contribution in [3.63, 3.8) is 0 Å². The molecule has 1 aromatic rings. The smallest absolute Gasteiger partial charge is 0.103 e. The summed E-state index contributed by atoms with van der Waals surface area (Å²) in [7, 11) is 2.00. The summed E-state index contributed by atoms with van der Waals surface area (Å²) in [6, 6.07) is 6.66. The van der Waals surface area contributed by atoms with Gasteiger partial charge in [0.25, 0.3) is 0 Å². The van der Waals surface area contributed by atoms with Crippen molar-refractivity contribution >= 4 is 0 Å². The highest BCUT2D eigenvalue weighted by Crippen LogP contribution is 2.21. The molecular weight excluding hydrogens is 208 g/mol. The Balaban J connectivity index is 2.98. The number of benzene rings is 1. The second-order valence-electron chi connectivity index (χ2n) is 5.32. The molecule has 0 unspecified atom stereocenters. The topological polar surface area (TPSA) is 27.0 Å². The first-order valence-corrected chi connectivity index (χ1v) is 5.97. The van der Waals surface area contributed by atoms with Crippen molar-refractivity contribution in [1.82, 2.24) is 4.90 Å². The zero-order valence-electron chi connectivity index (χ0n) is 11.8. The standard InChI is InChI=1S/C15H22N2/c1-11-7-8-14(13(3)12(11)2)9-17(6)15(4,5)10-16/h7-8H,9H2,1-6H3. The summed E-state index contributed by atoms with van der Waals surface area (Å²) in [5, 5.41) is 9.12. The van der Waals surface area contributed by atoms with Gasteiger partial charge in [0.15, 0.2) is 0 Å². The number of rotatable bonds is 3. The number of nitrogens with zero attached hydrogens (tertiary/aromatic N) is 2. The van der Waals surface area contributed by atoms with Crippen molar-refractivity contribution in [3.05, 3.63) is 34.4 Å². The van der Waals surface area contributed by atoms with Gasteiger partial charge in [-0.1, -0.05) is 12.1 Å². The highest BCUT2D eigenvalue weighted by molar-refractivity contribution is 5.38. The van der Waals surface area contributed by atoms with Crippen LogP contribution in [0.5, 0.6) is 0 Å². The van der Waals surface area contributed by atoms with Crippen LogP contribution in [0.1, 0.15) is 36.1 Å². The third kappa shape index (κ3) is 2.87. The zero-order chi connectivity index (χ0) is 13.2. The van der Waals surface area contributed by atoms with Gasteiger partial charge in [-0.25, -0.2) is 0 Å². The van der Waals surface area contributed by atoms with E-state index in [1.54, 1.807) is 0 Å². The van der Waals surface area contributed by atoms with Crippen LogP contribution < -0.4 is 0 Å². The normalized spacial score (nSPS) is 11.6. The molecule has 0 aliphatic heterocycles.